The highest BCUT2D eigenvalue weighted by molar-refractivity contribution is 5.78. The van der Waals surface area contributed by atoms with Gasteiger partial charge in [-0.3, -0.25) is 0 Å². The van der Waals surface area contributed by atoms with Crippen LogP contribution in [0.15, 0.2) is 0 Å². The second-order valence-electron chi connectivity index (χ2n) is 1.82. The smallest absolute Gasteiger partial charge is 0.430 e. The lowest BCUT2D eigenvalue weighted by Gasteiger charge is -2.23. The van der Waals surface area contributed by atoms with Crippen molar-refractivity contribution in [2.24, 2.45) is 0 Å². The van der Waals surface area contributed by atoms with Gasteiger partial charge in [0.15, 0.2) is 0 Å². The van der Waals surface area contributed by atoms with E-state index in [9.17, 15) is 18.0 Å². The van der Waals surface area contributed by atoms with E-state index in [-0.39, 0.29) is 0 Å². The average molecular weight is 174 g/mol. The van der Waals surface area contributed by atoms with Crippen LogP contribution >= 0.6 is 0 Å². The van der Waals surface area contributed by atoms with Gasteiger partial charge in [-0.1, -0.05) is 0 Å². The fourth-order valence-electron chi connectivity index (χ4n) is 0.279. The minimum atomic E-state index is -5.37. The van der Waals surface area contributed by atoms with Gasteiger partial charge in [-0.05, 0) is 0 Å². The van der Waals surface area contributed by atoms with E-state index in [4.69, 9.17) is 15.3 Å². The van der Waals surface area contributed by atoms with Gasteiger partial charge in [0.2, 0.25) is 0 Å². The zero-order chi connectivity index (χ0) is 9.28. The van der Waals surface area contributed by atoms with Crippen LogP contribution in [-0.2, 0) is 4.79 Å². The summed E-state index contributed by atoms with van der Waals surface area (Å²) in [4.78, 5) is 9.77. The highest BCUT2D eigenvalue weighted by Crippen LogP contribution is 2.29. The van der Waals surface area contributed by atoms with Gasteiger partial charge in [-0.2, -0.15) is 13.2 Å². The number of carboxylic acid groups (broad SMARTS) is 1. The molecule has 0 aliphatic carbocycles. The Bertz CT molecular complexity index is 165. The molecule has 1 unspecified atom stereocenters. The number of alkyl halides is 3. The van der Waals surface area contributed by atoms with Crippen LogP contribution in [0.25, 0.3) is 0 Å². The fraction of sp³-hybridized carbons (Fsp3) is 0.750. The molecule has 0 aromatic heterocycles. The summed E-state index contributed by atoms with van der Waals surface area (Å²) in [6.45, 7) is -1.90. The lowest BCUT2D eigenvalue weighted by atomic mass is 10.1. The van der Waals surface area contributed by atoms with Gasteiger partial charge in [0.05, 0.1) is 6.61 Å². The highest BCUT2D eigenvalue weighted by Gasteiger charge is 2.59. The Balaban J connectivity index is 4.75. The Labute approximate surface area is 58.9 Å². The number of aliphatic hydroxyl groups is 2. The number of hydrogen-bond donors (Lipinski definition) is 3. The summed E-state index contributed by atoms with van der Waals surface area (Å²) in [5, 5.41) is 24.0. The summed E-state index contributed by atoms with van der Waals surface area (Å²) >= 11 is 0. The van der Waals surface area contributed by atoms with Gasteiger partial charge in [0.25, 0.3) is 5.60 Å². The lowest BCUT2D eigenvalue weighted by Crippen LogP contribution is -2.54. The van der Waals surface area contributed by atoms with Gasteiger partial charge in [0, 0.05) is 0 Å². The van der Waals surface area contributed by atoms with E-state index in [0.717, 1.165) is 0 Å². The molecule has 11 heavy (non-hydrogen) atoms. The van der Waals surface area contributed by atoms with Crippen molar-refractivity contribution >= 4 is 5.97 Å². The molecular weight excluding hydrogens is 169 g/mol. The van der Waals surface area contributed by atoms with Gasteiger partial charge in [-0.25, -0.2) is 4.79 Å². The molecule has 4 nitrogen and oxygen atoms in total. The monoisotopic (exact) mass is 174 g/mol. The van der Waals surface area contributed by atoms with Crippen molar-refractivity contribution in [1.82, 2.24) is 0 Å². The standard InChI is InChI=1S/C4H5F3O4/c5-4(6,7)3(11,1-8)2(9)10/h8,11H,1H2,(H,9,10). The minimum absolute atomic E-state index is 1.90. The molecule has 7 heteroatoms. The maximum absolute atomic E-state index is 11.6. The van der Waals surface area contributed by atoms with Crippen LogP contribution in [0.4, 0.5) is 13.2 Å². The third-order valence-electron chi connectivity index (χ3n) is 1.05. The SMILES string of the molecule is O=C(O)C(O)(CO)C(F)(F)F. The number of aliphatic carboxylic acids is 1. The van der Waals surface area contributed by atoms with Crippen LogP contribution in [-0.4, -0.2) is 39.7 Å². The Kier molecular flexibility index (Phi) is 2.47. The summed E-state index contributed by atoms with van der Waals surface area (Å²) in [5.74, 6) is -2.52. The van der Waals surface area contributed by atoms with E-state index in [1.165, 1.54) is 0 Å². The fourth-order valence-corrected chi connectivity index (χ4v) is 0.279. The molecule has 0 saturated heterocycles. The molecule has 3 N–H and O–H groups in total. The van der Waals surface area contributed by atoms with E-state index < -0.39 is 24.4 Å². The Hall–Kier alpha value is -0.820. The van der Waals surface area contributed by atoms with Gasteiger partial charge in [-0.15, -0.1) is 0 Å². The second kappa shape index (κ2) is 2.67. The first kappa shape index (κ1) is 10.2. The molecule has 0 spiro atoms. The number of aliphatic hydroxyl groups excluding tert-OH is 1. The predicted octanol–water partition coefficient (Wildman–Crippen LogP) is -0.643. The third-order valence-corrected chi connectivity index (χ3v) is 1.05. The summed E-state index contributed by atoms with van der Waals surface area (Å²) in [6.07, 6.45) is -5.37. The number of halogens is 3. The normalized spacial score (nSPS) is 17.5. The average Bonchev–Trinajstić information content (AvgIpc) is 1.83. The number of carboxylic acids is 1. The number of hydrogen-bond acceptors (Lipinski definition) is 3. The molecule has 0 bridgehead atoms. The molecule has 0 aliphatic heterocycles. The Morgan fingerprint density at radius 1 is 1.36 bits per heavy atom. The molecule has 0 amide bonds. The van der Waals surface area contributed by atoms with E-state index >= 15 is 0 Å². The van der Waals surface area contributed by atoms with Crippen molar-refractivity contribution in [3.63, 3.8) is 0 Å². The summed E-state index contributed by atoms with van der Waals surface area (Å²) in [7, 11) is 0. The summed E-state index contributed by atoms with van der Waals surface area (Å²) in [5.41, 5.74) is -4.05. The van der Waals surface area contributed by atoms with Crippen LogP contribution in [0.3, 0.4) is 0 Å². The molecule has 0 fully saturated rings. The molecule has 0 radical (unpaired) electrons. The maximum Gasteiger partial charge on any atom is 0.430 e. The Morgan fingerprint density at radius 2 is 1.73 bits per heavy atom. The van der Waals surface area contributed by atoms with Crippen molar-refractivity contribution in [3.05, 3.63) is 0 Å². The first-order valence-corrected chi connectivity index (χ1v) is 2.39. The van der Waals surface area contributed by atoms with Crippen LogP contribution in [0.1, 0.15) is 0 Å². The molecule has 0 aromatic carbocycles. The zero-order valence-electron chi connectivity index (χ0n) is 5.09. The van der Waals surface area contributed by atoms with Crippen LogP contribution in [0.2, 0.25) is 0 Å². The Morgan fingerprint density at radius 3 is 1.73 bits per heavy atom. The summed E-state index contributed by atoms with van der Waals surface area (Å²) < 4.78 is 34.7. The second-order valence-corrected chi connectivity index (χ2v) is 1.82. The van der Waals surface area contributed by atoms with Crippen molar-refractivity contribution in [2.45, 2.75) is 11.8 Å². The van der Waals surface area contributed by atoms with Crippen LogP contribution < -0.4 is 0 Å². The van der Waals surface area contributed by atoms with E-state index in [2.05, 4.69) is 0 Å². The van der Waals surface area contributed by atoms with Crippen LogP contribution in [0, 0.1) is 0 Å². The number of carbonyl (C=O) groups is 1. The molecule has 66 valence electrons. The highest BCUT2D eigenvalue weighted by atomic mass is 19.4. The van der Waals surface area contributed by atoms with Crippen molar-refractivity contribution in [1.29, 1.82) is 0 Å². The molecule has 0 saturated carbocycles. The van der Waals surface area contributed by atoms with Gasteiger partial charge in [0.1, 0.15) is 0 Å². The quantitative estimate of drug-likeness (QED) is 0.520. The van der Waals surface area contributed by atoms with E-state index in [1.54, 1.807) is 0 Å². The van der Waals surface area contributed by atoms with Crippen molar-refractivity contribution in [2.75, 3.05) is 6.61 Å². The first-order chi connectivity index (χ1) is 4.75. The number of rotatable bonds is 2. The van der Waals surface area contributed by atoms with Crippen LogP contribution in [0.5, 0.6) is 0 Å². The summed E-state index contributed by atoms with van der Waals surface area (Å²) in [6, 6.07) is 0. The third kappa shape index (κ3) is 1.60. The topological polar surface area (TPSA) is 77.8 Å². The van der Waals surface area contributed by atoms with Crippen molar-refractivity contribution < 1.29 is 33.3 Å². The first-order valence-electron chi connectivity index (χ1n) is 2.39. The minimum Gasteiger partial charge on any atom is -0.479 e. The largest absolute Gasteiger partial charge is 0.479 e. The van der Waals surface area contributed by atoms with Gasteiger partial charge < -0.3 is 15.3 Å². The zero-order valence-corrected chi connectivity index (χ0v) is 5.09. The van der Waals surface area contributed by atoms with Crippen molar-refractivity contribution in [3.8, 4) is 0 Å². The predicted molar refractivity (Wildman–Crippen MR) is 25.7 cm³/mol. The maximum atomic E-state index is 11.6. The molecule has 0 aliphatic rings. The molecule has 0 rings (SSSR count). The molecule has 0 heterocycles. The molecular formula is C4H5F3O4. The molecule has 1 atom stereocenters. The van der Waals surface area contributed by atoms with E-state index in [1.807, 2.05) is 0 Å². The van der Waals surface area contributed by atoms with Gasteiger partial charge >= 0.3 is 12.1 Å². The van der Waals surface area contributed by atoms with E-state index in [0.29, 0.717) is 0 Å². The molecule has 0 aromatic rings. The lowest BCUT2D eigenvalue weighted by molar-refractivity contribution is -0.268.